The number of aromatic hydroxyl groups is 1. The first kappa shape index (κ1) is 24.3. The standard InChI is InChI=1S/C26H31N3O7/c1-28(2)16-9-13(11-29-5-3-4-6-29)21(31)19-15(16)8-12-7-14-10-17(30)20(25(27)35)24(34)26(14,36)23(33)18(12)22(19)32/h9,12,14,31-32,34,36H,3-8,10-11H2,1-2H3,(H2,27,35)/t12-,14+,26+/m1/s1. The molecule has 1 saturated carbocycles. The molecular formula is C26H31N3O7. The summed E-state index contributed by atoms with van der Waals surface area (Å²) in [6.07, 6.45) is 2.22. The SMILES string of the molecule is CN(C)c1cc(CN2CCCC2)c(O)c2c1C[C@H]1C[C@H]3CC(=O)C(C(N)=O)=C(O)[C@@]3(O)C(=O)C1=C2O. The topological polar surface area (TPSA) is 165 Å². The van der Waals surface area contributed by atoms with Crippen molar-refractivity contribution in [2.24, 2.45) is 17.6 Å². The van der Waals surface area contributed by atoms with Gasteiger partial charge in [-0.05, 0) is 56.3 Å². The van der Waals surface area contributed by atoms with Gasteiger partial charge in [0.1, 0.15) is 22.8 Å². The number of anilines is 1. The van der Waals surface area contributed by atoms with Crippen LogP contribution in [0.1, 0.15) is 42.4 Å². The second kappa shape index (κ2) is 8.35. The number of ketones is 2. The lowest BCUT2D eigenvalue weighted by molar-refractivity contribution is -0.147. The summed E-state index contributed by atoms with van der Waals surface area (Å²) in [5, 5.41) is 44.8. The second-order valence-electron chi connectivity index (χ2n) is 10.5. The number of Topliss-reactive ketones (excluding diaryl/α,β-unsaturated/α-hetero) is 2. The van der Waals surface area contributed by atoms with E-state index in [0.29, 0.717) is 24.1 Å². The van der Waals surface area contributed by atoms with Crippen LogP contribution < -0.4 is 10.6 Å². The number of phenols is 1. The molecule has 1 amide bonds. The molecule has 0 radical (unpaired) electrons. The van der Waals surface area contributed by atoms with Crippen LogP contribution in [-0.4, -0.2) is 75.6 Å². The van der Waals surface area contributed by atoms with Crippen molar-refractivity contribution in [2.75, 3.05) is 32.1 Å². The molecule has 10 nitrogen and oxygen atoms in total. The predicted octanol–water partition coefficient (Wildman–Crippen LogP) is 1.09. The molecule has 0 spiro atoms. The summed E-state index contributed by atoms with van der Waals surface area (Å²) < 4.78 is 0. The molecule has 1 aromatic rings. The van der Waals surface area contributed by atoms with Crippen molar-refractivity contribution < 1.29 is 34.8 Å². The van der Waals surface area contributed by atoms with Crippen LogP contribution >= 0.6 is 0 Å². The summed E-state index contributed by atoms with van der Waals surface area (Å²) in [6, 6.07) is 1.91. The Kier molecular flexibility index (Phi) is 5.64. The van der Waals surface area contributed by atoms with Crippen molar-refractivity contribution in [1.82, 2.24) is 4.90 Å². The molecule has 192 valence electrons. The second-order valence-corrected chi connectivity index (χ2v) is 10.5. The summed E-state index contributed by atoms with van der Waals surface area (Å²) in [7, 11) is 3.72. The van der Waals surface area contributed by atoms with Crippen LogP contribution in [0.3, 0.4) is 0 Å². The maximum absolute atomic E-state index is 13.7. The molecular weight excluding hydrogens is 466 g/mol. The van der Waals surface area contributed by atoms with E-state index in [9.17, 15) is 34.8 Å². The van der Waals surface area contributed by atoms with E-state index in [-0.39, 0.29) is 29.7 Å². The lowest BCUT2D eigenvalue weighted by Crippen LogP contribution is -2.58. The van der Waals surface area contributed by atoms with E-state index in [2.05, 4.69) is 4.90 Å². The summed E-state index contributed by atoms with van der Waals surface area (Å²) in [5.74, 6) is -6.10. The molecule has 0 unspecified atom stereocenters. The fraction of sp³-hybridized carbons (Fsp3) is 0.500. The number of phenolic OH excluding ortho intramolecular Hbond substituents is 1. The number of benzene rings is 1. The van der Waals surface area contributed by atoms with E-state index >= 15 is 0 Å². The van der Waals surface area contributed by atoms with E-state index in [1.54, 1.807) is 0 Å². The largest absolute Gasteiger partial charge is 0.508 e. The molecule has 1 saturated heterocycles. The van der Waals surface area contributed by atoms with Gasteiger partial charge in [-0.2, -0.15) is 0 Å². The molecule has 5 rings (SSSR count). The Labute approximate surface area is 208 Å². The van der Waals surface area contributed by atoms with E-state index in [1.165, 1.54) is 0 Å². The van der Waals surface area contributed by atoms with Gasteiger partial charge in [0.25, 0.3) is 5.91 Å². The van der Waals surface area contributed by atoms with E-state index in [1.807, 2.05) is 25.1 Å². The van der Waals surface area contributed by atoms with Crippen LogP contribution in [0.15, 0.2) is 23.0 Å². The molecule has 36 heavy (non-hydrogen) atoms. The van der Waals surface area contributed by atoms with Gasteiger partial charge in [0.15, 0.2) is 11.4 Å². The fourth-order valence-electron chi connectivity index (χ4n) is 6.42. The first-order chi connectivity index (χ1) is 17.0. The number of nitrogens with two attached hydrogens (primary N) is 1. The first-order valence-corrected chi connectivity index (χ1v) is 12.2. The summed E-state index contributed by atoms with van der Waals surface area (Å²) in [6.45, 7) is 2.30. The van der Waals surface area contributed by atoms with E-state index < -0.39 is 52.0 Å². The average molecular weight is 498 g/mol. The zero-order chi connectivity index (χ0) is 26.1. The highest BCUT2D eigenvalue weighted by atomic mass is 16.3. The molecule has 4 aliphatic rings. The number of hydrogen-bond donors (Lipinski definition) is 5. The molecule has 0 aromatic heterocycles. The first-order valence-electron chi connectivity index (χ1n) is 12.2. The zero-order valence-corrected chi connectivity index (χ0v) is 20.4. The Morgan fingerprint density at radius 2 is 1.83 bits per heavy atom. The Bertz CT molecular complexity index is 1260. The van der Waals surface area contributed by atoms with Crippen molar-refractivity contribution in [3.05, 3.63) is 39.7 Å². The Morgan fingerprint density at radius 1 is 1.17 bits per heavy atom. The third kappa shape index (κ3) is 3.35. The predicted molar refractivity (Wildman–Crippen MR) is 130 cm³/mol. The number of aliphatic hydroxyl groups is 3. The highest BCUT2D eigenvalue weighted by Gasteiger charge is 2.60. The Morgan fingerprint density at radius 3 is 2.44 bits per heavy atom. The van der Waals surface area contributed by atoms with Crippen LogP contribution in [0.2, 0.25) is 0 Å². The highest BCUT2D eigenvalue weighted by molar-refractivity contribution is 6.22. The minimum atomic E-state index is -2.55. The van der Waals surface area contributed by atoms with Gasteiger partial charge in [-0.3, -0.25) is 19.3 Å². The molecule has 1 aromatic carbocycles. The quantitative estimate of drug-likeness (QED) is 0.383. The van der Waals surface area contributed by atoms with Crippen LogP contribution in [0.4, 0.5) is 5.69 Å². The number of aliphatic hydroxyl groups excluding tert-OH is 2. The number of rotatable bonds is 4. The smallest absolute Gasteiger partial charge is 0.255 e. The molecule has 1 aliphatic heterocycles. The summed E-state index contributed by atoms with van der Waals surface area (Å²) >= 11 is 0. The van der Waals surface area contributed by atoms with Gasteiger partial charge < -0.3 is 31.1 Å². The fourth-order valence-corrected chi connectivity index (χ4v) is 6.42. The zero-order valence-electron chi connectivity index (χ0n) is 20.4. The van der Waals surface area contributed by atoms with Gasteiger partial charge in [0.2, 0.25) is 5.78 Å². The molecule has 3 atom stereocenters. The van der Waals surface area contributed by atoms with Crippen LogP contribution in [-0.2, 0) is 27.3 Å². The van der Waals surface area contributed by atoms with Crippen LogP contribution in [0.5, 0.6) is 5.75 Å². The van der Waals surface area contributed by atoms with Gasteiger partial charge >= 0.3 is 0 Å². The molecule has 6 N–H and O–H groups in total. The highest BCUT2D eigenvalue weighted by Crippen LogP contribution is 2.53. The lowest BCUT2D eigenvalue weighted by atomic mass is 9.59. The van der Waals surface area contributed by atoms with Gasteiger partial charge in [-0.25, -0.2) is 0 Å². The molecule has 3 aliphatic carbocycles. The number of hydrogen-bond acceptors (Lipinski definition) is 9. The number of primary amides is 1. The van der Waals surface area contributed by atoms with Gasteiger partial charge in [-0.15, -0.1) is 0 Å². The summed E-state index contributed by atoms with van der Waals surface area (Å²) in [5.41, 5.74) is 4.01. The van der Waals surface area contributed by atoms with Crippen molar-refractivity contribution in [1.29, 1.82) is 0 Å². The molecule has 1 heterocycles. The van der Waals surface area contributed by atoms with Crippen LogP contribution in [0, 0.1) is 11.8 Å². The van der Waals surface area contributed by atoms with Crippen molar-refractivity contribution in [3.63, 3.8) is 0 Å². The Hall–Kier alpha value is -3.37. The number of amides is 1. The Balaban J connectivity index is 1.68. The third-order valence-corrected chi connectivity index (χ3v) is 8.19. The molecule has 0 bridgehead atoms. The summed E-state index contributed by atoms with van der Waals surface area (Å²) in [4.78, 5) is 42.1. The van der Waals surface area contributed by atoms with Crippen molar-refractivity contribution in [2.45, 2.75) is 44.2 Å². The number of carbonyl (C=O) groups excluding carboxylic acids is 3. The molecule has 2 fully saturated rings. The normalized spacial score (nSPS) is 28.2. The third-order valence-electron chi connectivity index (χ3n) is 8.19. The average Bonchev–Trinajstić information content (AvgIpc) is 3.30. The van der Waals surface area contributed by atoms with E-state index in [4.69, 9.17) is 5.73 Å². The number of fused-ring (bicyclic) bond motifs is 3. The minimum Gasteiger partial charge on any atom is -0.508 e. The number of carbonyl (C=O) groups is 3. The van der Waals surface area contributed by atoms with Crippen molar-refractivity contribution >= 4 is 28.9 Å². The van der Waals surface area contributed by atoms with Gasteiger partial charge in [0.05, 0.1) is 5.56 Å². The molecule has 10 heteroatoms. The number of likely N-dealkylation sites (tertiary alicyclic amines) is 1. The van der Waals surface area contributed by atoms with Gasteiger partial charge in [0, 0.05) is 49.8 Å². The number of nitrogens with zero attached hydrogens (tertiary/aromatic N) is 2. The van der Waals surface area contributed by atoms with Crippen LogP contribution in [0.25, 0.3) is 5.76 Å². The lowest BCUT2D eigenvalue weighted by Gasteiger charge is -2.46. The monoisotopic (exact) mass is 497 g/mol. The van der Waals surface area contributed by atoms with E-state index in [0.717, 1.165) is 31.6 Å². The maximum atomic E-state index is 13.7. The maximum Gasteiger partial charge on any atom is 0.255 e. The minimum absolute atomic E-state index is 0.117. The van der Waals surface area contributed by atoms with Gasteiger partial charge in [-0.1, -0.05) is 0 Å². The van der Waals surface area contributed by atoms with Crippen molar-refractivity contribution in [3.8, 4) is 5.75 Å².